The largest absolute Gasteiger partial charge is 0.476 e. The number of fused-ring (bicyclic) bond motifs is 3. The summed E-state index contributed by atoms with van der Waals surface area (Å²) in [6.07, 6.45) is 2.57. The van der Waals surface area contributed by atoms with Gasteiger partial charge in [0, 0.05) is 11.1 Å². The van der Waals surface area contributed by atoms with Crippen molar-refractivity contribution >= 4 is 5.97 Å². The molecule has 1 aromatic heterocycles. The molecule has 4 nitrogen and oxygen atoms in total. The van der Waals surface area contributed by atoms with Gasteiger partial charge in [-0.15, -0.1) is 0 Å². The molecule has 17 heavy (non-hydrogen) atoms. The molecule has 0 saturated heterocycles. The van der Waals surface area contributed by atoms with Crippen molar-refractivity contribution in [2.75, 3.05) is 0 Å². The van der Waals surface area contributed by atoms with Crippen LogP contribution in [0, 0.1) is 0 Å². The summed E-state index contributed by atoms with van der Waals surface area (Å²) in [4.78, 5) is 11.0. The molecule has 0 radical (unpaired) electrons. The molecule has 1 heterocycles. The Morgan fingerprint density at radius 3 is 2.94 bits per heavy atom. The summed E-state index contributed by atoms with van der Waals surface area (Å²) in [7, 11) is 0. The molecule has 3 rings (SSSR count). The van der Waals surface area contributed by atoms with E-state index < -0.39 is 5.97 Å². The SMILES string of the molecule is O=C(O)c1noc2c1CCCc1ccccc1-2. The Morgan fingerprint density at radius 1 is 1.29 bits per heavy atom. The number of benzene rings is 1. The Labute approximate surface area is 97.9 Å². The molecule has 0 fully saturated rings. The third-order valence-corrected chi connectivity index (χ3v) is 3.13. The van der Waals surface area contributed by atoms with Gasteiger partial charge in [-0.3, -0.25) is 0 Å². The van der Waals surface area contributed by atoms with Gasteiger partial charge in [0.25, 0.3) is 0 Å². The van der Waals surface area contributed by atoms with E-state index in [4.69, 9.17) is 9.63 Å². The van der Waals surface area contributed by atoms with E-state index in [1.54, 1.807) is 0 Å². The molecule has 0 aliphatic heterocycles. The predicted octanol–water partition coefficient (Wildman–Crippen LogP) is 2.53. The Balaban J connectivity index is 2.24. The summed E-state index contributed by atoms with van der Waals surface area (Å²) in [6.45, 7) is 0. The normalized spacial score (nSPS) is 13.6. The lowest BCUT2D eigenvalue weighted by molar-refractivity contribution is 0.0684. The zero-order valence-electron chi connectivity index (χ0n) is 9.14. The monoisotopic (exact) mass is 229 g/mol. The number of hydrogen-bond donors (Lipinski definition) is 1. The molecule has 4 heteroatoms. The van der Waals surface area contributed by atoms with Gasteiger partial charge in [0.05, 0.1) is 0 Å². The van der Waals surface area contributed by atoms with E-state index in [-0.39, 0.29) is 5.69 Å². The van der Waals surface area contributed by atoms with Crippen LogP contribution in [0.15, 0.2) is 28.8 Å². The standard InChI is InChI=1S/C13H11NO3/c15-13(16)11-10-7-3-5-8-4-1-2-6-9(8)12(10)17-14-11/h1-2,4,6H,3,5,7H2,(H,15,16). The molecular weight excluding hydrogens is 218 g/mol. The second-order valence-electron chi connectivity index (χ2n) is 4.15. The first-order chi connectivity index (χ1) is 8.27. The topological polar surface area (TPSA) is 63.3 Å². The summed E-state index contributed by atoms with van der Waals surface area (Å²) >= 11 is 0. The average molecular weight is 229 g/mol. The molecule has 2 aromatic rings. The van der Waals surface area contributed by atoms with E-state index >= 15 is 0 Å². The molecule has 0 bridgehead atoms. The summed E-state index contributed by atoms with van der Waals surface area (Å²) < 4.78 is 5.22. The van der Waals surface area contributed by atoms with Crippen molar-refractivity contribution in [1.29, 1.82) is 0 Å². The van der Waals surface area contributed by atoms with Gasteiger partial charge >= 0.3 is 5.97 Å². The first kappa shape index (κ1) is 10.1. The van der Waals surface area contributed by atoms with Crippen LogP contribution in [-0.2, 0) is 12.8 Å². The van der Waals surface area contributed by atoms with Gasteiger partial charge in [0.2, 0.25) is 0 Å². The van der Waals surface area contributed by atoms with Crippen LogP contribution in [0.25, 0.3) is 11.3 Å². The van der Waals surface area contributed by atoms with Gasteiger partial charge in [-0.1, -0.05) is 29.4 Å². The minimum absolute atomic E-state index is 0.0525. The average Bonchev–Trinajstić information content (AvgIpc) is 2.66. The number of carbonyl (C=O) groups is 1. The number of aryl methyl sites for hydroxylation is 1. The third kappa shape index (κ3) is 1.53. The summed E-state index contributed by atoms with van der Waals surface area (Å²) in [5.74, 6) is -0.398. The minimum atomic E-state index is -1.02. The number of carboxylic acids is 1. The highest BCUT2D eigenvalue weighted by Crippen LogP contribution is 2.33. The first-order valence-corrected chi connectivity index (χ1v) is 5.57. The lowest BCUT2D eigenvalue weighted by atomic mass is 10.0. The molecule has 0 saturated carbocycles. The maximum atomic E-state index is 11.0. The molecule has 0 spiro atoms. The first-order valence-electron chi connectivity index (χ1n) is 5.57. The highest BCUT2D eigenvalue weighted by atomic mass is 16.5. The van der Waals surface area contributed by atoms with Crippen molar-refractivity contribution in [3.63, 3.8) is 0 Å². The predicted molar refractivity (Wildman–Crippen MR) is 60.9 cm³/mol. The molecule has 1 N–H and O–H groups in total. The second-order valence-corrected chi connectivity index (χ2v) is 4.15. The van der Waals surface area contributed by atoms with E-state index in [0.29, 0.717) is 12.2 Å². The van der Waals surface area contributed by atoms with Gasteiger partial charge in [-0.25, -0.2) is 4.79 Å². The maximum absolute atomic E-state index is 11.0. The second kappa shape index (κ2) is 3.73. The lowest BCUT2D eigenvalue weighted by Crippen LogP contribution is -2.01. The van der Waals surface area contributed by atoms with Crippen molar-refractivity contribution in [2.45, 2.75) is 19.3 Å². The summed E-state index contributed by atoms with van der Waals surface area (Å²) in [5.41, 5.74) is 2.94. The van der Waals surface area contributed by atoms with Crippen LogP contribution < -0.4 is 0 Å². The van der Waals surface area contributed by atoms with Crippen LogP contribution >= 0.6 is 0 Å². The lowest BCUT2D eigenvalue weighted by Gasteiger charge is -2.02. The number of aromatic nitrogens is 1. The van der Waals surface area contributed by atoms with E-state index in [1.165, 1.54) is 5.56 Å². The number of hydrogen-bond acceptors (Lipinski definition) is 3. The van der Waals surface area contributed by atoms with Gasteiger partial charge < -0.3 is 9.63 Å². The Morgan fingerprint density at radius 2 is 2.12 bits per heavy atom. The number of rotatable bonds is 1. The number of carboxylic acid groups (broad SMARTS) is 1. The van der Waals surface area contributed by atoms with Crippen molar-refractivity contribution in [1.82, 2.24) is 5.16 Å². The molecule has 1 aromatic carbocycles. The number of nitrogens with zero attached hydrogens (tertiary/aromatic N) is 1. The smallest absolute Gasteiger partial charge is 0.358 e. The highest BCUT2D eigenvalue weighted by Gasteiger charge is 2.25. The Bertz CT molecular complexity index is 586. The van der Waals surface area contributed by atoms with Crippen molar-refractivity contribution in [3.05, 3.63) is 41.1 Å². The van der Waals surface area contributed by atoms with Gasteiger partial charge in [0.1, 0.15) is 0 Å². The van der Waals surface area contributed by atoms with Crippen LogP contribution in [0.1, 0.15) is 28.0 Å². The van der Waals surface area contributed by atoms with E-state index in [0.717, 1.165) is 24.0 Å². The molecular formula is C13H11NO3. The summed E-state index contributed by atoms with van der Waals surface area (Å²) in [5, 5.41) is 12.7. The number of aromatic carboxylic acids is 1. The van der Waals surface area contributed by atoms with E-state index in [1.807, 2.05) is 24.3 Å². The third-order valence-electron chi connectivity index (χ3n) is 3.13. The molecule has 0 atom stereocenters. The van der Waals surface area contributed by atoms with Gasteiger partial charge in [-0.05, 0) is 24.8 Å². The fourth-order valence-electron chi connectivity index (χ4n) is 2.34. The van der Waals surface area contributed by atoms with Gasteiger partial charge in [-0.2, -0.15) is 0 Å². The molecule has 0 unspecified atom stereocenters. The summed E-state index contributed by atoms with van der Waals surface area (Å²) in [6, 6.07) is 7.92. The van der Waals surface area contributed by atoms with E-state index in [9.17, 15) is 4.79 Å². The molecule has 0 amide bonds. The zero-order valence-corrected chi connectivity index (χ0v) is 9.14. The van der Waals surface area contributed by atoms with E-state index in [2.05, 4.69) is 5.16 Å². The maximum Gasteiger partial charge on any atom is 0.358 e. The van der Waals surface area contributed by atoms with Crippen molar-refractivity contribution < 1.29 is 14.4 Å². The fourth-order valence-corrected chi connectivity index (χ4v) is 2.34. The van der Waals surface area contributed by atoms with Crippen LogP contribution in [0.3, 0.4) is 0 Å². The highest BCUT2D eigenvalue weighted by molar-refractivity contribution is 5.89. The molecule has 86 valence electrons. The molecule has 1 aliphatic carbocycles. The fraction of sp³-hybridized carbons (Fsp3) is 0.231. The van der Waals surface area contributed by atoms with Crippen molar-refractivity contribution in [2.24, 2.45) is 0 Å². The van der Waals surface area contributed by atoms with Gasteiger partial charge in [0.15, 0.2) is 11.5 Å². The minimum Gasteiger partial charge on any atom is -0.476 e. The quantitative estimate of drug-likeness (QED) is 0.816. The zero-order chi connectivity index (χ0) is 11.8. The van der Waals surface area contributed by atoms with Crippen molar-refractivity contribution in [3.8, 4) is 11.3 Å². The Hall–Kier alpha value is -2.10. The van der Waals surface area contributed by atoms with Crippen LogP contribution in [0.2, 0.25) is 0 Å². The molecule has 1 aliphatic rings. The Kier molecular flexibility index (Phi) is 2.21. The van der Waals surface area contributed by atoms with Crippen LogP contribution in [0.5, 0.6) is 0 Å². The van der Waals surface area contributed by atoms with Crippen LogP contribution in [0.4, 0.5) is 0 Å². The van der Waals surface area contributed by atoms with Crippen LogP contribution in [-0.4, -0.2) is 16.2 Å².